The smallest absolute Gasteiger partial charge is 0.171 e. The normalized spacial score (nSPS) is 25.0. The van der Waals surface area contributed by atoms with Crippen molar-refractivity contribution in [1.29, 1.82) is 0 Å². The Morgan fingerprint density at radius 3 is 2.33 bits per heavy atom. The molecule has 0 unspecified atom stereocenters. The topological polar surface area (TPSA) is 29.3 Å². The van der Waals surface area contributed by atoms with Crippen molar-refractivity contribution >= 4 is 11.0 Å². The lowest BCUT2D eigenvalue weighted by molar-refractivity contribution is 0.0874. The summed E-state index contributed by atoms with van der Waals surface area (Å²) < 4.78 is 5.89. The third kappa shape index (κ3) is 3.55. The Hall–Kier alpha value is -1.35. The summed E-state index contributed by atoms with van der Waals surface area (Å²) in [6.45, 7) is 16.1. The highest BCUT2D eigenvalue weighted by Gasteiger charge is 2.34. The van der Waals surface area contributed by atoms with Crippen molar-refractivity contribution in [2.24, 2.45) is 11.3 Å². The highest BCUT2D eigenvalue weighted by molar-refractivity contribution is 5.84. The summed E-state index contributed by atoms with van der Waals surface area (Å²) in [6.07, 6.45) is 6.57. The zero-order chi connectivity index (χ0) is 19.4. The maximum absolute atomic E-state index is 5.89. The van der Waals surface area contributed by atoms with Crippen molar-refractivity contribution < 1.29 is 4.52 Å². The van der Waals surface area contributed by atoms with Gasteiger partial charge in [0.1, 0.15) is 0 Å². The number of hydrogen-bond donors (Lipinski definition) is 0. The van der Waals surface area contributed by atoms with E-state index < -0.39 is 0 Å². The van der Waals surface area contributed by atoms with E-state index in [1.807, 2.05) is 0 Å². The van der Waals surface area contributed by atoms with Gasteiger partial charge in [-0.25, -0.2) is 0 Å². The molecule has 2 heterocycles. The fourth-order valence-corrected chi connectivity index (χ4v) is 5.21. The fourth-order valence-electron chi connectivity index (χ4n) is 5.21. The van der Waals surface area contributed by atoms with Gasteiger partial charge >= 0.3 is 0 Å². The van der Waals surface area contributed by atoms with Crippen molar-refractivity contribution in [1.82, 2.24) is 10.1 Å². The molecule has 3 heteroatoms. The van der Waals surface area contributed by atoms with Crippen molar-refractivity contribution in [2.75, 3.05) is 6.54 Å². The largest absolute Gasteiger partial charge is 0.356 e. The summed E-state index contributed by atoms with van der Waals surface area (Å²) in [5.74, 6) is 0.876. The van der Waals surface area contributed by atoms with Crippen molar-refractivity contribution in [3.05, 3.63) is 29.0 Å². The maximum atomic E-state index is 5.89. The molecule has 27 heavy (non-hydrogen) atoms. The summed E-state index contributed by atoms with van der Waals surface area (Å²) in [5.41, 5.74) is 5.43. The average Bonchev–Trinajstić information content (AvgIpc) is 3.05. The molecule has 0 atom stereocenters. The first-order valence-electron chi connectivity index (χ1n) is 10.8. The van der Waals surface area contributed by atoms with Crippen LogP contribution in [0.15, 0.2) is 16.7 Å². The van der Waals surface area contributed by atoms with E-state index in [-0.39, 0.29) is 5.41 Å². The molecule has 0 radical (unpaired) electrons. The van der Waals surface area contributed by atoms with E-state index in [4.69, 9.17) is 4.52 Å². The lowest BCUT2D eigenvalue weighted by Crippen LogP contribution is -2.42. The Morgan fingerprint density at radius 2 is 1.70 bits per heavy atom. The number of nitrogens with zero attached hydrogens (tertiary/aromatic N) is 2. The van der Waals surface area contributed by atoms with Gasteiger partial charge < -0.3 is 4.52 Å². The van der Waals surface area contributed by atoms with Gasteiger partial charge in [0.2, 0.25) is 0 Å². The van der Waals surface area contributed by atoms with Crippen molar-refractivity contribution in [3.63, 3.8) is 0 Å². The second-order valence-corrected chi connectivity index (χ2v) is 11.0. The van der Waals surface area contributed by atoms with Gasteiger partial charge in [-0.15, -0.1) is 0 Å². The van der Waals surface area contributed by atoms with Gasteiger partial charge in [-0.3, -0.25) is 4.90 Å². The van der Waals surface area contributed by atoms with E-state index in [1.165, 1.54) is 48.7 Å². The standard InChI is InChI=1S/C24H36N2O/c1-23(2,3)17-8-10-18(11-9-17)26-14-13-16-7-12-19-21(20(16)15-26)27-25-22(19)24(4,5)6/h7,12,17-18H,8-11,13-15H2,1-6H3. The van der Waals surface area contributed by atoms with Gasteiger partial charge in [0.05, 0.1) is 5.69 Å². The monoisotopic (exact) mass is 368 g/mol. The highest BCUT2D eigenvalue weighted by Crippen LogP contribution is 2.41. The molecule has 2 aromatic rings. The van der Waals surface area contributed by atoms with Gasteiger partial charge in [-0.2, -0.15) is 0 Å². The molecule has 2 aliphatic rings. The van der Waals surface area contributed by atoms with Crippen LogP contribution in [0.5, 0.6) is 0 Å². The first kappa shape index (κ1) is 19.0. The molecule has 148 valence electrons. The summed E-state index contributed by atoms with van der Waals surface area (Å²) >= 11 is 0. The van der Waals surface area contributed by atoms with E-state index >= 15 is 0 Å². The Morgan fingerprint density at radius 1 is 1.00 bits per heavy atom. The summed E-state index contributed by atoms with van der Waals surface area (Å²) in [7, 11) is 0. The molecule has 0 spiro atoms. The number of benzene rings is 1. The average molecular weight is 369 g/mol. The molecule has 1 fully saturated rings. The van der Waals surface area contributed by atoms with Gasteiger partial charge in [0.15, 0.2) is 5.58 Å². The number of fused-ring (bicyclic) bond motifs is 3. The highest BCUT2D eigenvalue weighted by atomic mass is 16.5. The lowest BCUT2D eigenvalue weighted by atomic mass is 9.71. The summed E-state index contributed by atoms with van der Waals surface area (Å²) in [4.78, 5) is 2.72. The molecule has 0 saturated heterocycles. The van der Waals surface area contributed by atoms with E-state index in [1.54, 1.807) is 0 Å². The SMILES string of the molecule is CC(C)(C)c1noc2c3c(ccc12)CCN(C1CCC(C(C)(C)C)CC1)C3. The molecule has 1 saturated carbocycles. The molecular weight excluding hydrogens is 332 g/mol. The predicted molar refractivity (Wildman–Crippen MR) is 112 cm³/mol. The second kappa shape index (κ2) is 6.62. The molecule has 1 aromatic carbocycles. The molecule has 1 aliphatic heterocycles. The molecule has 3 nitrogen and oxygen atoms in total. The van der Waals surface area contributed by atoms with Gasteiger partial charge in [0.25, 0.3) is 0 Å². The molecule has 1 aromatic heterocycles. The van der Waals surface area contributed by atoms with Crippen molar-refractivity contribution in [3.8, 4) is 0 Å². The molecule has 0 bridgehead atoms. The van der Waals surface area contributed by atoms with E-state index in [2.05, 4.69) is 63.7 Å². The van der Waals surface area contributed by atoms with Crippen LogP contribution in [0, 0.1) is 11.3 Å². The third-order valence-corrected chi connectivity index (χ3v) is 7.02. The molecular formula is C24H36N2O. The van der Waals surface area contributed by atoms with Gasteiger partial charge in [0, 0.05) is 35.5 Å². The Labute approximate surface area is 164 Å². The molecule has 0 N–H and O–H groups in total. The molecule has 1 aliphatic carbocycles. The van der Waals surface area contributed by atoms with Crippen LogP contribution >= 0.6 is 0 Å². The van der Waals surface area contributed by atoms with Crippen LogP contribution in [0.4, 0.5) is 0 Å². The van der Waals surface area contributed by atoms with E-state index in [9.17, 15) is 0 Å². The third-order valence-electron chi connectivity index (χ3n) is 7.02. The number of aromatic nitrogens is 1. The molecule has 0 amide bonds. The van der Waals surface area contributed by atoms with E-state index in [0.29, 0.717) is 5.41 Å². The number of rotatable bonds is 1. The quantitative estimate of drug-likeness (QED) is 0.610. The van der Waals surface area contributed by atoms with Crippen LogP contribution in [0.3, 0.4) is 0 Å². The Balaban J connectivity index is 1.55. The first-order chi connectivity index (χ1) is 12.6. The van der Waals surface area contributed by atoms with E-state index in [0.717, 1.165) is 36.2 Å². The minimum atomic E-state index is 0.0131. The van der Waals surface area contributed by atoms with Gasteiger partial charge in [-0.05, 0) is 55.1 Å². The van der Waals surface area contributed by atoms with Crippen LogP contribution in [-0.4, -0.2) is 22.6 Å². The van der Waals surface area contributed by atoms with Gasteiger partial charge in [-0.1, -0.05) is 52.8 Å². The predicted octanol–water partition coefficient (Wildman–Crippen LogP) is 6.09. The van der Waals surface area contributed by atoms with Crippen LogP contribution in [0.25, 0.3) is 11.0 Å². The zero-order valence-corrected chi connectivity index (χ0v) is 18.1. The fraction of sp³-hybridized carbons (Fsp3) is 0.708. The van der Waals surface area contributed by atoms with Crippen LogP contribution < -0.4 is 0 Å². The minimum absolute atomic E-state index is 0.0131. The van der Waals surface area contributed by atoms with Crippen molar-refractivity contribution in [2.45, 2.75) is 91.6 Å². The minimum Gasteiger partial charge on any atom is -0.356 e. The number of hydrogen-bond acceptors (Lipinski definition) is 3. The lowest BCUT2D eigenvalue weighted by Gasteiger charge is -2.42. The first-order valence-corrected chi connectivity index (χ1v) is 10.8. The maximum Gasteiger partial charge on any atom is 0.171 e. The van der Waals surface area contributed by atoms with Crippen LogP contribution in [0.1, 0.15) is 84.0 Å². The second-order valence-electron chi connectivity index (χ2n) is 11.0. The van der Waals surface area contributed by atoms with Crippen LogP contribution in [-0.2, 0) is 18.4 Å². The van der Waals surface area contributed by atoms with Crippen LogP contribution in [0.2, 0.25) is 0 Å². The zero-order valence-electron chi connectivity index (χ0n) is 18.1. The summed E-state index contributed by atoms with van der Waals surface area (Å²) in [5, 5.41) is 5.66. The molecule has 4 rings (SSSR count). The Bertz CT molecular complexity index is 813. The summed E-state index contributed by atoms with van der Waals surface area (Å²) in [6, 6.07) is 5.28. The Kier molecular flexibility index (Phi) is 4.65.